The molecule has 0 amide bonds. The highest BCUT2D eigenvalue weighted by atomic mass is 35.5. The van der Waals surface area contributed by atoms with Gasteiger partial charge in [0.15, 0.2) is 4.75 Å². The molecular formula is C19H12Cl4O5S. The topological polar surface area (TPSA) is 94.8 Å². The summed E-state index contributed by atoms with van der Waals surface area (Å²) in [5.41, 5.74) is -0.417. The van der Waals surface area contributed by atoms with Gasteiger partial charge in [0.25, 0.3) is 10.1 Å². The van der Waals surface area contributed by atoms with Crippen molar-refractivity contribution in [2.24, 2.45) is 0 Å². The third-order valence-corrected chi connectivity index (χ3v) is 6.81. The van der Waals surface area contributed by atoms with Gasteiger partial charge in [-0.15, -0.1) is 0 Å². The lowest BCUT2D eigenvalue weighted by molar-refractivity contribution is 0.434. The Balaban J connectivity index is 2.58. The van der Waals surface area contributed by atoms with Crippen molar-refractivity contribution in [3.63, 3.8) is 0 Å². The van der Waals surface area contributed by atoms with E-state index in [0.717, 1.165) is 12.1 Å². The van der Waals surface area contributed by atoms with E-state index in [9.17, 15) is 23.2 Å². The first-order valence-corrected chi connectivity index (χ1v) is 10.8. The highest BCUT2D eigenvalue weighted by Gasteiger charge is 2.50. The van der Waals surface area contributed by atoms with Crippen LogP contribution >= 0.6 is 46.4 Å². The van der Waals surface area contributed by atoms with Gasteiger partial charge in [0.2, 0.25) is 0 Å². The van der Waals surface area contributed by atoms with Crippen LogP contribution < -0.4 is 0 Å². The van der Waals surface area contributed by atoms with Gasteiger partial charge in [0.05, 0.1) is 5.02 Å². The lowest BCUT2D eigenvalue weighted by Crippen LogP contribution is -2.38. The molecule has 0 bridgehead atoms. The lowest BCUT2D eigenvalue weighted by Gasteiger charge is -2.33. The molecule has 0 saturated heterocycles. The minimum absolute atomic E-state index is 0.0137. The van der Waals surface area contributed by atoms with E-state index in [-0.39, 0.29) is 31.8 Å². The maximum absolute atomic E-state index is 12.9. The molecule has 0 aromatic heterocycles. The molecule has 10 heteroatoms. The van der Waals surface area contributed by atoms with Gasteiger partial charge < -0.3 is 10.2 Å². The number of hydrogen-bond donors (Lipinski definition) is 3. The fraction of sp³-hybridized carbons (Fsp3) is 0.0526. The smallest absolute Gasteiger partial charge is 0.283 e. The number of rotatable bonds is 4. The molecule has 0 aliphatic heterocycles. The van der Waals surface area contributed by atoms with E-state index in [0.29, 0.717) is 5.02 Å². The van der Waals surface area contributed by atoms with Gasteiger partial charge in [-0.1, -0.05) is 58.5 Å². The number of phenolic OH excluding ortho intramolecular Hbond substituents is 2. The van der Waals surface area contributed by atoms with Crippen molar-refractivity contribution in [1.82, 2.24) is 0 Å². The van der Waals surface area contributed by atoms with Crippen LogP contribution in [-0.2, 0) is 14.9 Å². The van der Waals surface area contributed by atoms with Gasteiger partial charge in [0, 0.05) is 26.7 Å². The van der Waals surface area contributed by atoms with Crippen LogP contribution in [-0.4, -0.2) is 23.2 Å². The van der Waals surface area contributed by atoms with Crippen LogP contribution in [0.1, 0.15) is 16.7 Å². The average molecular weight is 494 g/mol. The maximum Gasteiger partial charge on any atom is 0.283 e. The largest absolute Gasteiger partial charge is 0.508 e. The SMILES string of the molecule is O=S(=O)(O)C(c1ccc(Cl)cc1)(c1cc(Cl)cc(Cl)c1)c1cc(O)c(Cl)cc1O. The second kappa shape index (κ2) is 7.87. The highest BCUT2D eigenvalue weighted by Crippen LogP contribution is 2.50. The molecule has 0 aliphatic carbocycles. The second-order valence-corrected chi connectivity index (χ2v) is 9.42. The summed E-state index contributed by atoms with van der Waals surface area (Å²) < 4.78 is 33.9. The summed E-state index contributed by atoms with van der Waals surface area (Å²) in [6.07, 6.45) is 0. The quantitative estimate of drug-likeness (QED) is 0.239. The van der Waals surface area contributed by atoms with Crippen LogP contribution in [0.15, 0.2) is 54.6 Å². The predicted octanol–water partition coefficient (Wildman–Crippen LogP) is 5.89. The lowest BCUT2D eigenvalue weighted by atomic mass is 9.83. The third-order valence-electron chi connectivity index (χ3n) is 4.35. The number of hydrogen-bond acceptors (Lipinski definition) is 4. The number of halogens is 4. The Bertz CT molecular complexity index is 1180. The van der Waals surface area contributed by atoms with E-state index in [4.69, 9.17) is 46.4 Å². The van der Waals surface area contributed by atoms with Gasteiger partial charge in [0.1, 0.15) is 11.5 Å². The van der Waals surface area contributed by atoms with Crippen LogP contribution in [0.5, 0.6) is 11.5 Å². The Morgan fingerprint density at radius 2 is 1.24 bits per heavy atom. The fourth-order valence-corrected chi connectivity index (χ4v) is 5.29. The summed E-state index contributed by atoms with van der Waals surface area (Å²) in [4.78, 5) is 0. The summed E-state index contributed by atoms with van der Waals surface area (Å²) in [5, 5.41) is 21.0. The second-order valence-electron chi connectivity index (χ2n) is 6.14. The zero-order valence-corrected chi connectivity index (χ0v) is 18.1. The van der Waals surface area contributed by atoms with E-state index in [1.54, 1.807) is 0 Å². The molecule has 0 radical (unpaired) electrons. The predicted molar refractivity (Wildman–Crippen MR) is 114 cm³/mol. The average Bonchev–Trinajstić information content (AvgIpc) is 2.59. The molecule has 0 heterocycles. The van der Waals surface area contributed by atoms with Crippen LogP contribution in [0, 0.1) is 0 Å². The fourth-order valence-electron chi connectivity index (χ4n) is 3.19. The number of aromatic hydroxyl groups is 2. The zero-order valence-electron chi connectivity index (χ0n) is 14.3. The van der Waals surface area contributed by atoms with Gasteiger partial charge >= 0.3 is 0 Å². The summed E-state index contributed by atoms with van der Waals surface area (Å²) in [7, 11) is -5.06. The summed E-state index contributed by atoms with van der Waals surface area (Å²) >= 11 is 23.9. The van der Waals surface area contributed by atoms with Crippen molar-refractivity contribution in [1.29, 1.82) is 0 Å². The molecule has 5 nitrogen and oxygen atoms in total. The van der Waals surface area contributed by atoms with E-state index in [2.05, 4.69) is 0 Å². The van der Waals surface area contributed by atoms with Crippen LogP contribution in [0.4, 0.5) is 0 Å². The van der Waals surface area contributed by atoms with E-state index >= 15 is 0 Å². The minimum atomic E-state index is -5.06. The van der Waals surface area contributed by atoms with Crippen molar-refractivity contribution in [3.05, 3.63) is 91.4 Å². The standard InChI is InChI=1S/C19H12Cl4O5S/c20-12-3-1-10(2-4-12)19(29(26,27)28,11-5-13(21)7-14(22)6-11)15-8-18(25)16(23)9-17(15)24/h1-9,24-25H,(H,26,27,28). The Labute approximate surface area is 186 Å². The molecule has 0 aliphatic rings. The van der Waals surface area contributed by atoms with Crippen molar-refractivity contribution < 1.29 is 23.2 Å². The first-order chi connectivity index (χ1) is 13.5. The van der Waals surface area contributed by atoms with Gasteiger partial charge in [-0.25, -0.2) is 0 Å². The molecule has 1 unspecified atom stereocenters. The van der Waals surface area contributed by atoms with Crippen molar-refractivity contribution >= 4 is 56.5 Å². The Hall–Kier alpha value is -1.67. The molecule has 1 atom stereocenters. The number of benzene rings is 3. The summed E-state index contributed by atoms with van der Waals surface area (Å²) in [6.45, 7) is 0. The molecular weight excluding hydrogens is 482 g/mol. The van der Waals surface area contributed by atoms with Crippen molar-refractivity contribution in [3.8, 4) is 11.5 Å². The summed E-state index contributed by atoms with van der Waals surface area (Å²) in [6, 6.07) is 11.4. The van der Waals surface area contributed by atoms with E-state index < -0.39 is 26.4 Å². The molecule has 3 N–H and O–H groups in total. The molecule has 152 valence electrons. The monoisotopic (exact) mass is 492 g/mol. The molecule has 29 heavy (non-hydrogen) atoms. The van der Waals surface area contributed by atoms with Crippen LogP contribution in [0.25, 0.3) is 0 Å². The molecule has 0 saturated carbocycles. The Kier molecular flexibility index (Phi) is 5.98. The van der Waals surface area contributed by atoms with Gasteiger partial charge in [-0.3, -0.25) is 4.55 Å². The minimum Gasteiger partial charge on any atom is -0.508 e. The normalized spacial score (nSPS) is 13.8. The molecule has 0 spiro atoms. The van der Waals surface area contributed by atoms with E-state index in [1.165, 1.54) is 42.5 Å². The van der Waals surface area contributed by atoms with E-state index in [1.807, 2.05) is 0 Å². The van der Waals surface area contributed by atoms with Crippen molar-refractivity contribution in [2.75, 3.05) is 0 Å². The molecule has 3 aromatic rings. The molecule has 0 fully saturated rings. The first-order valence-electron chi connectivity index (χ1n) is 7.88. The van der Waals surface area contributed by atoms with Crippen LogP contribution in [0.3, 0.4) is 0 Å². The van der Waals surface area contributed by atoms with Gasteiger partial charge in [-0.2, -0.15) is 8.42 Å². The molecule has 3 aromatic carbocycles. The number of phenols is 2. The third kappa shape index (κ3) is 3.89. The zero-order chi connectivity index (χ0) is 21.6. The maximum atomic E-state index is 12.9. The molecule has 3 rings (SSSR count). The first kappa shape index (κ1) is 22.0. The summed E-state index contributed by atoms with van der Waals surface area (Å²) in [5.74, 6) is -1.09. The Morgan fingerprint density at radius 1 is 0.690 bits per heavy atom. The van der Waals surface area contributed by atoms with Crippen molar-refractivity contribution in [2.45, 2.75) is 4.75 Å². The highest BCUT2D eigenvalue weighted by molar-refractivity contribution is 7.87. The van der Waals surface area contributed by atoms with Gasteiger partial charge in [-0.05, 0) is 47.5 Å². The Morgan fingerprint density at radius 3 is 1.76 bits per heavy atom. The van der Waals surface area contributed by atoms with Crippen LogP contribution in [0.2, 0.25) is 20.1 Å².